The first-order chi connectivity index (χ1) is 8.72. The van der Waals surface area contributed by atoms with Gasteiger partial charge in [0.2, 0.25) is 0 Å². The van der Waals surface area contributed by atoms with E-state index in [0.717, 1.165) is 10.7 Å². The van der Waals surface area contributed by atoms with Crippen LogP contribution in [0.15, 0.2) is 36.0 Å². The number of thiazole rings is 1. The third-order valence-corrected chi connectivity index (χ3v) is 3.62. The van der Waals surface area contributed by atoms with Gasteiger partial charge in [-0.15, -0.1) is 11.3 Å². The summed E-state index contributed by atoms with van der Waals surface area (Å²) in [6.07, 6.45) is 3.91. The molecule has 2 aromatic heterocycles. The van der Waals surface area contributed by atoms with Crippen molar-refractivity contribution in [1.82, 2.24) is 9.38 Å². The number of nitrogens with zero attached hydrogens (tertiary/aromatic N) is 2. The van der Waals surface area contributed by atoms with Gasteiger partial charge < -0.3 is 5.32 Å². The molecule has 0 saturated carbocycles. The number of hydrogen-bond donors (Lipinski definition) is 1. The average molecular weight is 282 g/mol. The molecule has 0 atom stereocenters. The average Bonchev–Trinajstić information content (AvgIpc) is 2.88. The Morgan fingerprint density at radius 2 is 2.33 bits per heavy atom. The van der Waals surface area contributed by atoms with Crippen molar-refractivity contribution in [3.63, 3.8) is 0 Å². The number of halogens is 2. The second-order valence-electron chi connectivity index (χ2n) is 3.80. The molecule has 2 heterocycles. The second kappa shape index (κ2) is 4.59. The summed E-state index contributed by atoms with van der Waals surface area (Å²) >= 11 is 7.51. The summed E-state index contributed by atoms with van der Waals surface area (Å²) in [5, 5.41) is 5.49. The maximum atomic E-state index is 12.9. The van der Waals surface area contributed by atoms with Crippen molar-refractivity contribution in [2.75, 3.05) is 5.32 Å². The summed E-state index contributed by atoms with van der Waals surface area (Å²) in [5.41, 5.74) is 1.62. The maximum Gasteiger partial charge on any atom is 0.193 e. The van der Waals surface area contributed by atoms with Crippen molar-refractivity contribution in [3.05, 3.63) is 52.5 Å². The van der Waals surface area contributed by atoms with E-state index < -0.39 is 0 Å². The largest absolute Gasteiger partial charge is 0.378 e. The topological polar surface area (TPSA) is 29.3 Å². The van der Waals surface area contributed by atoms with E-state index in [1.54, 1.807) is 17.4 Å². The number of aromatic nitrogens is 2. The molecule has 0 aliphatic heterocycles. The van der Waals surface area contributed by atoms with E-state index in [0.29, 0.717) is 17.3 Å². The fraction of sp³-hybridized carbons (Fsp3) is 0.0833. The van der Waals surface area contributed by atoms with Gasteiger partial charge in [0, 0.05) is 17.8 Å². The lowest BCUT2D eigenvalue weighted by atomic mass is 10.3. The van der Waals surface area contributed by atoms with Gasteiger partial charge in [-0.2, -0.15) is 0 Å². The Hall–Kier alpha value is -1.59. The fourth-order valence-corrected chi connectivity index (χ4v) is 2.63. The van der Waals surface area contributed by atoms with Crippen molar-refractivity contribution in [1.29, 1.82) is 0 Å². The zero-order chi connectivity index (χ0) is 12.5. The van der Waals surface area contributed by atoms with E-state index in [4.69, 9.17) is 11.6 Å². The van der Waals surface area contributed by atoms with Crippen molar-refractivity contribution in [2.24, 2.45) is 0 Å². The van der Waals surface area contributed by atoms with Crippen molar-refractivity contribution in [2.45, 2.75) is 6.54 Å². The zero-order valence-electron chi connectivity index (χ0n) is 9.23. The number of benzene rings is 1. The normalized spacial score (nSPS) is 11.0. The molecule has 0 amide bonds. The molecule has 92 valence electrons. The minimum atomic E-state index is -0.340. The van der Waals surface area contributed by atoms with Crippen LogP contribution in [0.1, 0.15) is 5.69 Å². The molecule has 0 radical (unpaired) electrons. The van der Waals surface area contributed by atoms with Gasteiger partial charge in [0.25, 0.3) is 0 Å². The van der Waals surface area contributed by atoms with E-state index in [-0.39, 0.29) is 5.82 Å². The highest BCUT2D eigenvalue weighted by molar-refractivity contribution is 7.15. The second-order valence-corrected chi connectivity index (χ2v) is 5.08. The SMILES string of the molecule is Fc1ccc(NCc2cn3ccsc3n2)c(Cl)c1. The van der Waals surface area contributed by atoms with Crippen LogP contribution in [0.4, 0.5) is 10.1 Å². The van der Waals surface area contributed by atoms with Gasteiger partial charge in [-0.3, -0.25) is 4.40 Å². The van der Waals surface area contributed by atoms with Gasteiger partial charge in [-0.1, -0.05) is 11.6 Å². The van der Waals surface area contributed by atoms with E-state index in [1.165, 1.54) is 12.1 Å². The molecule has 0 unspecified atom stereocenters. The Balaban J connectivity index is 1.76. The maximum absolute atomic E-state index is 12.9. The molecule has 0 aliphatic carbocycles. The Bertz CT molecular complexity index is 663. The van der Waals surface area contributed by atoms with Crippen LogP contribution < -0.4 is 5.32 Å². The molecule has 0 bridgehead atoms. The molecule has 18 heavy (non-hydrogen) atoms. The van der Waals surface area contributed by atoms with Crippen LogP contribution in [0.25, 0.3) is 4.96 Å². The molecule has 0 saturated heterocycles. The fourth-order valence-electron chi connectivity index (χ4n) is 1.68. The quantitative estimate of drug-likeness (QED) is 0.791. The molecule has 3 aromatic rings. The number of hydrogen-bond acceptors (Lipinski definition) is 3. The van der Waals surface area contributed by atoms with Crippen LogP contribution >= 0.6 is 22.9 Å². The predicted molar refractivity (Wildman–Crippen MR) is 71.8 cm³/mol. The number of nitrogens with one attached hydrogen (secondary N) is 1. The molecule has 3 rings (SSSR count). The van der Waals surface area contributed by atoms with Crippen LogP contribution in [0.3, 0.4) is 0 Å². The van der Waals surface area contributed by atoms with Crippen molar-refractivity contribution >= 4 is 33.6 Å². The van der Waals surface area contributed by atoms with Gasteiger partial charge in [-0.25, -0.2) is 9.37 Å². The van der Waals surface area contributed by atoms with E-state index in [1.807, 2.05) is 22.2 Å². The molecule has 1 aromatic carbocycles. The van der Waals surface area contributed by atoms with Crippen LogP contribution in [-0.2, 0) is 6.54 Å². The Labute approximate surface area is 112 Å². The monoisotopic (exact) mass is 281 g/mol. The van der Waals surface area contributed by atoms with Crippen molar-refractivity contribution in [3.8, 4) is 0 Å². The summed E-state index contributed by atoms with van der Waals surface area (Å²) < 4.78 is 14.8. The Kier molecular flexibility index (Phi) is 2.93. The summed E-state index contributed by atoms with van der Waals surface area (Å²) in [7, 11) is 0. The molecular weight excluding hydrogens is 273 g/mol. The first-order valence-corrected chi connectivity index (χ1v) is 6.58. The molecule has 0 fully saturated rings. The van der Waals surface area contributed by atoms with Gasteiger partial charge in [0.15, 0.2) is 4.96 Å². The van der Waals surface area contributed by atoms with Crippen molar-refractivity contribution < 1.29 is 4.39 Å². The van der Waals surface area contributed by atoms with Gasteiger partial charge in [0.1, 0.15) is 5.82 Å². The Morgan fingerprint density at radius 3 is 3.11 bits per heavy atom. The lowest BCUT2D eigenvalue weighted by molar-refractivity contribution is 0.628. The van der Waals surface area contributed by atoms with Crippen LogP contribution in [-0.4, -0.2) is 9.38 Å². The van der Waals surface area contributed by atoms with Gasteiger partial charge in [0.05, 0.1) is 22.9 Å². The van der Waals surface area contributed by atoms with Crippen LogP contribution in [0.2, 0.25) is 5.02 Å². The molecule has 0 aliphatic rings. The summed E-state index contributed by atoms with van der Waals surface area (Å²) in [4.78, 5) is 5.39. The minimum Gasteiger partial charge on any atom is -0.378 e. The van der Waals surface area contributed by atoms with Gasteiger partial charge >= 0.3 is 0 Å². The standard InChI is InChI=1S/C12H9ClFN3S/c13-10-5-8(14)1-2-11(10)15-6-9-7-17-3-4-18-12(17)16-9/h1-5,7,15H,6H2. The highest BCUT2D eigenvalue weighted by atomic mass is 35.5. The highest BCUT2D eigenvalue weighted by Crippen LogP contribution is 2.23. The molecule has 1 N–H and O–H groups in total. The van der Waals surface area contributed by atoms with Gasteiger partial charge in [-0.05, 0) is 18.2 Å². The first kappa shape index (κ1) is 11.5. The van der Waals surface area contributed by atoms with E-state index >= 15 is 0 Å². The third-order valence-electron chi connectivity index (χ3n) is 2.53. The Morgan fingerprint density at radius 1 is 1.44 bits per heavy atom. The van der Waals surface area contributed by atoms with Crippen LogP contribution in [0, 0.1) is 5.82 Å². The van der Waals surface area contributed by atoms with Crippen LogP contribution in [0.5, 0.6) is 0 Å². The number of imidazole rings is 1. The summed E-state index contributed by atoms with van der Waals surface area (Å²) in [5.74, 6) is -0.340. The molecule has 6 heteroatoms. The van der Waals surface area contributed by atoms with E-state index in [9.17, 15) is 4.39 Å². The summed E-state index contributed by atoms with van der Waals surface area (Å²) in [6, 6.07) is 4.28. The summed E-state index contributed by atoms with van der Waals surface area (Å²) in [6.45, 7) is 0.555. The molecule has 0 spiro atoms. The zero-order valence-corrected chi connectivity index (χ0v) is 10.8. The molecular formula is C12H9ClFN3S. The molecule has 3 nitrogen and oxygen atoms in total. The first-order valence-electron chi connectivity index (χ1n) is 5.32. The number of anilines is 1. The highest BCUT2D eigenvalue weighted by Gasteiger charge is 2.04. The number of rotatable bonds is 3. The third kappa shape index (κ3) is 2.19. The lowest BCUT2D eigenvalue weighted by Crippen LogP contribution is -2.00. The smallest absolute Gasteiger partial charge is 0.193 e. The minimum absolute atomic E-state index is 0.340. The predicted octanol–water partition coefficient (Wildman–Crippen LogP) is 3.80. The van der Waals surface area contributed by atoms with E-state index in [2.05, 4.69) is 10.3 Å². The number of fused-ring (bicyclic) bond motifs is 1. The lowest BCUT2D eigenvalue weighted by Gasteiger charge is -2.06.